The largest absolute Gasteiger partial charge is 0.389 e. The highest BCUT2D eigenvalue weighted by atomic mass is 16.3. The van der Waals surface area contributed by atoms with Gasteiger partial charge in [-0.25, -0.2) is 0 Å². The zero-order valence-corrected chi connectivity index (χ0v) is 8.08. The molecular formula is C12H18O. The van der Waals surface area contributed by atoms with Gasteiger partial charge in [0.05, 0.1) is 6.10 Å². The van der Waals surface area contributed by atoms with Gasteiger partial charge < -0.3 is 5.11 Å². The van der Waals surface area contributed by atoms with Gasteiger partial charge >= 0.3 is 0 Å². The summed E-state index contributed by atoms with van der Waals surface area (Å²) in [6.45, 7) is 11.3. The molecule has 1 heteroatoms. The Labute approximate surface area is 80.5 Å². The quantitative estimate of drug-likeness (QED) is 0.518. The second kappa shape index (κ2) is 4.43. The van der Waals surface area contributed by atoms with E-state index in [1.165, 1.54) is 6.42 Å². The minimum absolute atomic E-state index is 0.308. The van der Waals surface area contributed by atoms with Crippen LogP contribution in [0.3, 0.4) is 0 Å². The van der Waals surface area contributed by atoms with Crippen LogP contribution in [0.15, 0.2) is 37.5 Å². The lowest BCUT2D eigenvalue weighted by Crippen LogP contribution is -2.22. The Morgan fingerprint density at radius 3 is 2.62 bits per heavy atom. The molecule has 0 aromatic carbocycles. The van der Waals surface area contributed by atoms with E-state index in [9.17, 15) is 5.11 Å². The molecule has 13 heavy (non-hydrogen) atoms. The molecule has 1 N–H and O–H groups in total. The minimum atomic E-state index is -0.385. The number of rotatable bonds is 4. The van der Waals surface area contributed by atoms with Crippen LogP contribution >= 0.6 is 0 Å². The van der Waals surface area contributed by atoms with Crippen molar-refractivity contribution in [1.29, 1.82) is 0 Å². The maximum atomic E-state index is 9.68. The molecule has 1 aliphatic carbocycles. The molecule has 1 fully saturated rings. The topological polar surface area (TPSA) is 20.2 Å². The second-order valence-electron chi connectivity index (χ2n) is 3.71. The van der Waals surface area contributed by atoms with Gasteiger partial charge in [-0.1, -0.05) is 37.3 Å². The summed E-state index contributed by atoms with van der Waals surface area (Å²) in [6, 6.07) is 0. The molecule has 1 nitrogen and oxygen atoms in total. The Bertz CT molecular complexity index is 217. The molecule has 0 amide bonds. The third-order valence-corrected chi connectivity index (χ3v) is 2.99. The van der Waals surface area contributed by atoms with Gasteiger partial charge in [-0.3, -0.25) is 0 Å². The predicted molar refractivity (Wildman–Crippen MR) is 56.4 cm³/mol. The van der Waals surface area contributed by atoms with Crippen LogP contribution in [0, 0.1) is 11.8 Å². The van der Waals surface area contributed by atoms with Crippen LogP contribution in [-0.2, 0) is 0 Å². The maximum Gasteiger partial charge on any atom is 0.0752 e. The molecule has 0 heterocycles. The summed E-state index contributed by atoms with van der Waals surface area (Å²) in [5.74, 6) is 0.716. The van der Waals surface area contributed by atoms with E-state index in [0.29, 0.717) is 11.8 Å². The number of hydrogen-bond acceptors (Lipinski definition) is 1. The summed E-state index contributed by atoms with van der Waals surface area (Å²) in [7, 11) is 0. The standard InChI is InChI=1S/C12H18O/c1-4-9(3)10-7-6-8-11(10)12(13)5-2/h4-5,10-13H,1-3,6-8H2/t10-,11-,12+/m1/s1. The summed E-state index contributed by atoms with van der Waals surface area (Å²) in [5.41, 5.74) is 1.06. The van der Waals surface area contributed by atoms with Crippen molar-refractivity contribution >= 4 is 0 Å². The van der Waals surface area contributed by atoms with E-state index in [-0.39, 0.29) is 6.10 Å². The van der Waals surface area contributed by atoms with Crippen molar-refractivity contribution in [1.82, 2.24) is 0 Å². The van der Waals surface area contributed by atoms with Crippen LogP contribution in [-0.4, -0.2) is 11.2 Å². The molecule has 0 unspecified atom stereocenters. The SMILES string of the molecule is C=CC(=C)[C@H]1CCC[C@H]1[C@@H](O)C=C. The number of aliphatic hydroxyl groups is 1. The van der Waals surface area contributed by atoms with Crippen LogP contribution in [0.4, 0.5) is 0 Å². The molecule has 0 saturated heterocycles. The first kappa shape index (κ1) is 10.3. The van der Waals surface area contributed by atoms with Crippen molar-refractivity contribution < 1.29 is 5.11 Å². The van der Waals surface area contributed by atoms with Gasteiger partial charge in [0, 0.05) is 0 Å². The third-order valence-electron chi connectivity index (χ3n) is 2.99. The summed E-state index contributed by atoms with van der Waals surface area (Å²) in [6.07, 6.45) is 6.42. The van der Waals surface area contributed by atoms with E-state index < -0.39 is 0 Å². The van der Waals surface area contributed by atoms with Gasteiger partial charge in [-0.2, -0.15) is 0 Å². The summed E-state index contributed by atoms with van der Waals surface area (Å²) >= 11 is 0. The first-order valence-electron chi connectivity index (χ1n) is 4.82. The molecule has 1 saturated carbocycles. The van der Waals surface area contributed by atoms with Crippen molar-refractivity contribution in [3.05, 3.63) is 37.5 Å². The summed E-state index contributed by atoms with van der Waals surface area (Å²) < 4.78 is 0. The summed E-state index contributed by atoms with van der Waals surface area (Å²) in [5, 5.41) is 9.68. The Hall–Kier alpha value is -0.820. The molecule has 1 rings (SSSR count). The lowest BCUT2D eigenvalue weighted by Gasteiger charge is -2.22. The normalized spacial score (nSPS) is 29.6. The maximum absolute atomic E-state index is 9.68. The molecule has 0 aromatic heterocycles. The Morgan fingerprint density at radius 2 is 2.08 bits per heavy atom. The molecule has 72 valence electrons. The predicted octanol–water partition coefficient (Wildman–Crippen LogP) is 2.69. The number of hydrogen-bond donors (Lipinski definition) is 1. The lowest BCUT2D eigenvalue weighted by atomic mass is 9.85. The van der Waals surface area contributed by atoms with E-state index in [2.05, 4.69) is 19.7 Å². The first-order chi connectivity index (χ1) is 6.20. The highest BCUT2D eigenvalue weighted by Crippen LogP contribution is 2.38. The van der Waals surface area contributed by atoms with E-state index >= 15 is 0 Å². The van der Waals surface area contributed by atoms with E-state index in [0.717, 1.165) is 18.4 Å². The Morgan fingerprint density at radius 1 is 1.38 bits per heavy atom. The monoisotopic (exact) mass is 178 g/mol. The first-order valence-corrected chi connectivity index (χ1v) is 4.82. The lowest BCUT2D eigenvalue weighted by molar-refractivity contribution is 0.137. The van der Waals surface area contributed by atoms with Crippen molar-refractivity contribution in [2.45, 2.75) is 25.4 Å². The third kappa shape index (κ3) is 2.10. The molecule has 1 aliphatic rings. The number of allylic oxidation sites excluding steroid dienone is 2. The van der Waals surface area contributed by atoms with Gasteiger partial charge in [0.2, 0.25) is 0 Å². The van der Waals surface area contributed by atoms with Gasteiger partial charge in [-0.05, 0) is 24.7 Å². The molecule has 0 radical (unpaired) electrons. The van der Waals surface area contributed by atoms with Crippen molar-refractivity contribution in [3.8, 4) is 0 Å². The van der Waals surface area contributed by atoms with Crippen molar-refractivity contribution in [2.75, 3.05) is 0 Å². The number of aliphatic hydroxyl groups excluding tert-OH is 1. The van der Waals surface area contributed by atoms with Gasteiger partial charge in [0.15, 0.2) is 0 Å². The summed E-state index contributed by atoms with van der Waals surface area (Å²) in [4.78, 5) is 0. The van der Waals surface area contributed by atoms with Gasteiger partial charge in [0.25, 0.3) is 0 Å². The zero-order valence-electron chi connectivity index (χ0n) is 8.08. The van der Waals surface area contributed by atoms with E-state index in [1.54, 1.807) is 12.2 Å². The van der Waals surface area contributed by atoms with Gasteiger partial charge in [0.1, 0.15) is 0 Å². The molecule has 3 atom stereocenters. The molecular weight excluding hydrogens is 160 g/mol. The fourth-order valence-electron chi connectivity index (χ4n) is 2.18. The fourth-order valence-corrected chi connectivity index (χ4v) is 2.18. The van der Waals surface area contributed by atoms with Crippen LogP contribution in [0.25, 0.3) is 0 Å². The second-order valence-corrected chi connectivity index (χ2v) is 3.71. The van der Waals surface area contributed by atoms with Crippen LogP contribution in [0.2, 0.25) is 0 Å². The van der Waals surface area contributed by atoms with Crippen molar-refractivity contribution in [2.24, 2.45) is 11.8 Å². The smallest absolute Gasteiger partial charge is 0.0752 e. The van der Waals surface area contributed by atoms with Crippen LogP contribution in [0.5, 0.6) is 0 Å². The van der Waals surface area contributed by atoms with E-state index in [4.69, 9.17) is 0 Å². The van der Waals surface area contributed by atoms with Gasteiger partial charge in [-0.15, -0.1) is 6.58 Å². The molecule has 0 bridgehead atoms. The Kier molecular flexibility index (Phi) is 3.49. The van der Waals surface area contributed by atoms with Crippen molar-refractivity contribution in [3.63, 3.8) is 0 Å². The Balaban J connectivity index is 2.68. The average Bonchev–Trinajstić information content (AvgIpc) is 2.63. The fraction of sp³-hybridized carbons (Fsp3) is 0.500. The zero-order chi connectivity index (χ0) is 9.84. The molecule has 0 aliphatic heterocycles. The van der Waals surface area contributed by atoms with Crippen LogP contribution < -0.4 is 0 Å². The van der Waals surface area contributed by atoms with Crippen LogP contribution in [0.1, 0.15) is 19.3 Å². The average molecular weight is 178 g/mol. The molecule has 0 spiro atoms. The molecule has 0 aromatic rings. The minimum Gasteiger partial charge on any atom is -0.389 e. The highest BCUT2D eigenvalue weighted by Gasteiger charge is 2.32. The highest BCUT2D eigenvalue weighted by molar-refractivity contribution is 5.18. The van der Waals surface area contributed by atoms with E-state index in [1.807, 2.05) is 0 Å².